The zero-order valence-corrected chi connectivity index (χ0v) is 12.6. The summed E-state index contributed by atoms with van der Waals surface area (Å²) >= 11 is 1.36. The molecule has 0 fully saturated rings. The maximum atomic E-state index is 11.8. The number of tetrazole rings is 1. The molecule has 0 saturated heterocycles. The van der Waals surface area contributed by atoms with Crippen LogP contribution in [0.5, 0.6) is 0 Å². The van der Waals surface area contributed by atoms with Gasteiger partial charge in [0.15, 0.2) is 0 Å². The number of aryl methyl sites for hydroxylation is 2. The Kier molecular flexibility index (Phi) is 4.15. The maximum absolute atomic E-state index is 11.8. The number of hydrogen-bond acceptors (Lipinski definition) is 7. The molecule has 8 nitrogen and oxygen atoms in total. The SMILES string of the molecule is Cc1nnc(NC(=O)CCc2ccc(-n3cnnn3)cc2)s1. The molecule has 0 bridgehead atoms. The second kappa shape index (κ2) is 6.39. The number of nitrogens with zero attached hydrogens (tertiary/aromatic N) is 6. The van der Waals surface area contributed by atoms with E-state index in [9.17, 15) is 4.79 Å². The molecule has 112 valence electrons. The van der Waals surface area contributed by atoms with E-state index < -0.39 is 0 Å². The molecule has 1 N–H and O–H groups in total. The summed E-state index contributed by atoms with van der Waals surface area (Å²) < 4.78 is 1.58. The Balaban J connectivity index is 1.54. The molecule has 3 aromatic rings. The third kappa shape index (κ3) is 3.50. The van der Waals surface area contributed by atoms with Crippen LogP contribution in [0, 0.1) is 6.92 Å². The van der Waals surface area contributed by atoms with Crippen LogP contribution in [-0.4, -0.2) is 36.3 Å². The number of nitrogens with one attached hydrogen (secondary N) is 1. The van der Waals surface area contributed by atoms with E-state index in [4.69, 9.17) is 0 Å². The predicted molar refractivity (Wildman–Crippen MR) is 80.8 cm³/mol. The van der Waals surface area contributed by atoms with Crippen LogP contribution < -0.4 is 5.32 Å². The molecule has 2 heterocycles. The molecule has 0 atom stereocenters. The minimum atomic E-state index is -0.0688. The molecule has 0 aliphatic carbocycles. The lowest BCUT2D eigenvalue weighted by Gasteiger charge is -2.04. The summed E-state index contributed by atoms with van der Waals surface area (Å²) in [4.78, 5) is 11.8. The van der Waals surface area contributed by atoms with Gasteiger partial charge in [0.05, 0.1) is 5.69 Å². The highest BCUT2D eigenvalue weighted by Crippen LogP contribution is 2.14. The topological polar surface area (TPSA) is 98.5 Å². The van der Waals surface area contributed by atoms with Crippen LogP contribution in [0.25, 0.3) is 5.69 Å². The van der Waals surface area contributed by atoms with Crippen LogP contribution in [0.2, 0.25) is 0 Å². The largest absolute Gasteiger partial charge is 0.301 e. The fourth-order valence-corrected chi connectivity index (χ4v) is 2.49. The van der Waals surface area contributed by atoms with Crippen LogP contribution in [-0.2, 0) is 11.2 Å². The zero-order chi connectivity index (χ0) is 15.4. The van der Waals surface area contributed by atoms with E-state index in [1.54, 1.807) is 4.68 Å². The first-order chi connectivity index (χ1) is 10.7. The second-order valence-electron chi connectivity index (χ2n) is 4.60. The van der Waals surface area contributed by atoms with Crippen molar-refractivity contribution < 1.29 is 4.79 Å². The number of hydrogen-bond donors (Lipinski definition) is 1. The first kappa shape index (κ1) is 14.3. The number of aromatic nitrogens is 6. The lowest BCUT2D eigenvalue weighted by molar-refractivity contribution is -0.116. The van der Waals surface area contributed by atoms with Crippen molar-refractivity contribution in [1.29, 1.82) is 0 Å². The molecule has 1 amide bonds. The van der Waals surface area contributed by atoms with Gasteiger partial charge < -0.3 is 5.32 Å². The maximum Gasteiger partial charge on any atom is 0.226 e. The summed E-state index contributed by atoms with van der Waals surface area (Å²) in [6, 6.07) is 7.74. The number of amides is 1. The molecule has 0 radical (unpaired) electrons. The molecular weight excluding hydrogens is 302 g/mol. The third-order valence-electron chi connectivity index (χ3n) is 2.96. The number of carbonyl (C=O) groups is 1. The Morgan fingerprint density at radius 1 is 1.27 bits per heavy atom. The molecule has 1 aromatic carbocycles. The summed E-state index contributed by atoms with van der Waals surface area (Å²) in [7, 11) is 0. The van der Waals surface area contributed by atoms with Gasteiger partial charge in [-0.25, -0.2) is 4.68 Å². The number of rotatable bonds is 5. The molecule has 0 spiro atoms. The summed E-state index contributed by atoms with van der Waals surface area (Å²) in [6.07, 6.45) is 2.58. The van der Waals surface area contributed by atoms with Gasteiger partial charge in [0.1, 0.15) is 11.3 Å². The Hall–Kier alpha value is -2.68. The van der Waals surface area contributed by atoms with Crippen LogP contribution in [0.1, 0.15) is 17.0 Å². The Morgan fingerprint density at radius 3 is 2.73 bits per heavy atom. The molecule has 0 saturated carbocycles. The fourth-order valence-electron chi connectivity index (χ4n) is 1.88. The highest BCUT2D eigenvalue weighted by molar-refractivity contribution is 7.15. The molecule has 22 heavy (non-hydrogen) atoms. The highest BCUT2D eigenvalue weighted by Gasteiger charge is 2.07. The zero-order valence-electron chi connectivity index (χ0n) is 11.8. The summed E-state index contributed by atoms with van der Waals surface area (Å²) in [5.74, 6) is -0.0688. The van der Waals surface area contributed by atoms with Gasteiger partial charge in [-0.3, -0.25) is 4.79 Å². The highest BCUT2D eigenvalue weighted by atomic mass is 32.1. The smallest absolute Gasteiger partial charge is 0.226 e. The van der Waals surface area contributed by atoms with Gasteiger partial charge in [-0.2, -0.15) is 0 Å². The number of benzene rings is 1. The molecular formula is C13H13N7OS. The molecule has 0 aliphatic heterocycles. The summed E-state index contributed by atoms with van der Waals surface area (Å²) in [6.45, 7) is 1.85. The first-order valence-corrected chi connectivity index (χ1v) is 7.44. The minimum absolute atomic E-state index is 0.0688. The van der Waals surface area contributed by atoms with Crippen molar-refractivity contribution in [2.45, 2.75) is 19.8 Å². The van der Waals surface area contributed by atoms with E-state index in [0.29, 0.717) is 18.0 Å². The van der Waals surface area contributed by atoms with Crippen molar-refractivity contribution in [1.82, 2.24) is 30.4 Å². The van der Waals surface area contributed by atoms with Crippen LogP contribution in [0.4, 0.5) is 5.13 Å². The Morgan fingerprint density at radius 2 is 2.09 bits per heavy atom. The van der Waals surface area contributed by atoms with E-state index in [1.807, 2.05) is 31.2 Å². The Bertz CT molecular complexity index is 751. The van der Waals surface area contributed by atoms with E-state index in [1.165, 1.54) is 17.7 Å². The molecule has 3 rings (SSSR count). The van der Waals surface area contributed by atoms with Crippen molar-refractivity contribution in [3.05, 3.63) is 41.2 Å². The van der Waals surface area contributed by atoms with Crippen molar-refractivity contribution in [2.75, 3.05) is 5.32 Å². The van der Waals surface area contributed by atoms with Gasteiger partial charge >= 0.3 is 0 Å². The van der Waals surface area contributed by atoms with Crippen LogP contribution >= 0.6 is 11.3 Å². The van der Waals surface area contributed by atoms with Crippen molar-refractivity contribution in [3.8, 4) is 5.69 Å². The first-order valence-electron chi connectivity index (χ1n) is 6.63. The third-order valence-corrected chi connectivity index (χ3v) is 3.72. The van der Waals surface area contributed by atoms with Gasteiger partial charge in [0.25, 0.3) is 0 Å². The van der Waals surface area contributed by atoms with Gasteiger partial charge in [0, 0.05) is 6.42 Å². The van der Waals surface area contributed by atoms with Gasteiger partial charge in [-0.05, 0) is 41.5 Å². The van der Waals surface area contributed by atoms with Crippen molar-refractivity contribution in [2.24, 2.45) is 0 Å². The quantitative estimate of drug-likeness (QED) is 0.764. The average Bonchev–Trinajstić information content (AvgIpc) is 3.18. The van der Waals surface area contributed by atoms with Gasteiger partial charge in [-0.1, -0.05) is 23.5 Å². The van der Waals surface area contributed by atoms with Crippen LogP contribution in [0.15, 0.2) is 30.6 Å². The minimum Gasteiger partial charge on any atom is -0.301 e. The van der Waals surface area contributed by atoms with Crippen LogP contribution in [0.3, 0.4) is 0 Å². The average molecular weight is 315 g/mol. The van der Waals surface area contributed by atoms with Gasteiger partial charge in [0.2, 0.25) is 11.0 Å². The van der Waals surface area contributed by atoms with E-state index in [-0.39, 0.29) is 5.91 Å². The summed E-state index contributed by atoms with van der Waals surface area (Å²) in [5, 5.41) is 22.8. The normalized spacial score (nSPS) is 10.6. The molecule has 0 aliphatic rings. The predicted octanol–water partition coefficient (Wildman–Crippen LogP) is 1.39. The molecule has 9 heteroatoms. The van der Waals surface area contributed by atoms with Gasteiger partial charge in [-0.15, -0.1) is 15.3 Å². The van der Waals surface area contributed by atoms with E-state index in [0.717, 1.165) is 16.3 Å². The number of carbonyl (C=O) groups excluding carboxylic acids is 1. The standard InChI is InChI=1S/C13H13N7OS/c1-9-16-17-13(22-9)15-12(21)7-4-10-2-5-11(6-3-10)20-8-14-18-19-20/h2-3,5-6,8H,4,7H2,1H3,(H,15,17,21). The fraction of sp³-hybridized carbons (Fsp3) is 0.231. The second-order valence-corrected chi connectivity index (χ2v) is 5.78. The van der Waals surface area contributed by atoms with E-state index >= 15 is 0 Å². The number of anilines is 1. The van der Waals surface area contributed by atoms with Crippen molar-refractivity contribution >= 4 is 22.4 Å². The Labute approximate surface area is 130 Å². The lowest BCUT2D eigenvalue weighted by Crippen LogP contribution is -2.12. The molecule has 0 unspecified atom stereocenters. The molecule has 2 aromatic heterocycles. The summed E-state index contributed by atoms with van der Waals surface area (Å²) in [5.41, 5.74) is 1.95. The lowest BCUT2D eigenvalue weighted by atomic mass is 10.1. The monoisotopic (exact) mass is 315 g/mol. The van der Waals surface area contributed by atoms with Crippen molar-refractivity contribution in [3.63, 3.8) is 0 Å². The van der Waals surface area contributed by atoms with E-state index in [2.05, 4.69) is 31.0 Å².